The van der Waals surface area contributed by atoms with Crippen LogP contribution in [0.2, 0.25) is 0 Å². The van der Waals surface area contributed by atoms with Crippen LogP contribution in [0.15, 0.2) is 218 Å². The maximum absolute atomic E-state index is 14.3. The number of hydrogen-bond donors (Lipinski definition) is 4. The Morgan fingerprint density at radius 2 is 0.714 bits per heavy atom. The van der Waals surface area contributed by atoms with Gasteiger partial charge in [0.05, 0.1) is 136 Å². The van der Waals surface area contributed by atoms with Gasteiger partial charge in [-0.2, -0.15) is 15.8 Å². The molecule has 670 valence electrons. The number of ether oxygens (including phenoxy) is 8. The molecule has 6 N–H and O–H groups in total. The van der Waals surface area contributed by atoms with Crippen LogP contribution in [0.4, 0.5) is 30.2 Å². The number of carbonyl (C=O) groups excluding carboxylic acids is 4. The molecule has 0 fully saturated rings. The third-order valence-electron chi connectivity index (χ3n) is 20.9. The molecule has 0 bridgehead atoms. The van der Waals surface area contributed by atoms with Crippen molar-refractivity contribution in [2.45, 2.75) is 72.6 Å². The van der Waals surface area contributed by atoms with E-state index in [9.17, 15) is 42.3 Å². The van der Waals surface area contributed by atoms with E-state index in [0.717, 1.165) is 62.1 Å². The summed E-state index contributed by atoms with van der Waals surface area (Å²) in [7, 11) is 7.53. The number of nitriles is 3. The number of halogens is 3. The molecule has 2 amide bonds. The number of carboxylic acids is 1. The van der Waals surface area contributed by atoms with Gasteiger partial charge in [0.1, 0.15) is 54.7 Å². The molecular formula is C99H87F3LiN15O15. The number of pyridine rings is 3. The average Bonchev–Trinajstić information content (AvgIpc) is 1.60. The van der Waals surface area contributed by atoms with Gasteiger partial charge in [0, 0.05) is 143 Å². The standard InChI is InChI=1S/C34H30FN5O5.C33H28FN5O5.C32H28FN5O4.Li.H2O/c1-21(41)37-30-16-23(28-5-4-6-33(39-28)45-20-26-8-7-22(19-36)15-27(26)35)9-10-24(30)18-32-38-29-12-11-25(34(42)44-3)17-31(29)40(32)13-14-43-2;1-20(40)36-29-15-22(27-4-3-5-32(38-27)44-19-25-7-6-21(18-35)14-26(25)34)8-9-23(29)17-31-37-28-11-10-24(33(41)42)16-30(28)39(31)12-13-43-2;1-40-13-12-38-29-16-23(32(39)41-2)10-11-28(29)36-30(38)17-21-8-9-22(15-26(21)35)27-4-3-5-31(37-27)42-19-24-7-6-20(18-34)14-25(24)33;;/h4-12,15-17H,13-14,18,20H2,1-3H3,(H,37,41);3-11,14-16H,12-13,17,19H2,1-2H3,(H,36,40)(H,41,42);3-11,14-16H,12-13,17,19,35H2,1-2H3;;1H2/q;;;+1;/p-1. The minimum atomic E-state index is -1.03. The van der Waals surface area contributed by atoms with Crippen molar-refractivity contribution < 1.29 is 104 Å². The molecular weight excluding hydrogens is 1700 g/mol. The second-order valence-electron chi connectivity index (χ2n) is 29.7. The number of imidazole rings is 3. The number of benzene rings is 9. The first-order chi connectivity index (χ1) is 63.4. The van der Waals surface area contributed by atoms with E-state index in [-0.39, 0.29) is 84.1 Å². The van der Waals surface area contributed by atoms with Gasteiger partial charge >= 0.3 is 36.8 Å². The predicted octanol–water partition coefficient (Wildman–Crippen LogP) is 13.4. The van der Waals surface area contributed by atoms with Gasteiger partial charge in [0.15, 0.2) is 0 Å². The zero-order valence-corrected chi connectivity index (χ0v) is 73.5. The van der Waals surface area contributed by atoms with E-state index < -0.39 is 35.4 Å². The Hall–Kier alpha value is -15.9. The van der Waals surface area contributed by atoms with Crippen molar-refractivity contribution >= 4 is 79.9 Å². The van der Waals surface area contributed by atoms with Crippen molar-refractivity contribution in [3.63, 3.8) is 0 Å². The Morgan fingerprint density at radius 1 is 0.398 bits per heavy atom. The van der Waals surface area contributed by atoms with Crippen LogP contribution in [-0.2, 0) is 92.0 Å². The zero-order chi connectivity index (χ0) is 92.8. The smallest absolute Gasteiger partial charge is 0.870 e. The number of nitrogens with zero attached hydrogens (tertiary/aromatic N) is 12. The molecule has 0 aliphatic carbocycles. The van der Waals surface area contributed by atoms with Gasteiger partial charge < -0.3 is 78.5 Å². The summed E-state index contributed by atoms with van der Waals surface area (Å²) in [4.78, 5) is 88.4. The molecule has 0 atom stereocenters. The van der Waals surface area contributed by atoms with Crippen LogP contribution in [-0.4, -0.2) is 139 Å². The number of esters is 2. The number of nitrogens with one attached hydrogen (secondary N) is 2. The first-order valence-corrected chi connectivity index (χ1v) is 40.8. The van der Waals surface area contributed by atoms with Crippen LogP contribution in [0.25, 0.3) is 66.9 Å². The number of carbonyl (C=O) groups is 5. The Labute approximate surface area is 773 Å². The number of nitrogens with two attached hydrogens (primary N) is 1. The van der Waals surface area contributed by atoms with Gasteiger partial charge in [0.2, 0.25) is 29.5 Å². The summed E-state index contributed by atoms with van der Waals surface area (Å²) in [5, 5.41) is 42.1. The Balaban J connectivity index is 0.000000191. The summed E-state index contributed by atoms with van der Waals surface area (Å²) in [6.07, 6.45) is 1.20. The van der Waals surface area contributed by atoms with Gasteiger partial charge in [-0.15, -0.1) is 0 Å². The third-order valence-corrected chi connectivity index (χ3v) is 20.9. The number of aromatic carboxylic acids is 1. The topological polar surface area (TPSA) is 423 Å². The fourth-order valence-electron chi connectivity index (χ4n) is 14.3. The number of fused-ring (bicyclic) bond motifs is 3. The molecule has 133 heavy (non-hydrogen) atoms. The van der Waals surface area contributed by atoms with E-state index in [0.29, 0.717) is 160 Å². The monoisotopic (exact) mass is 1790 g/mol. The summed E-state index contributed by atoms with van der Waals surface area (Å²) < 4.78 is 91.7. The molecule has 34 heteroatoms. The summed E-state index contributed by atoms with van der Waals surface area (Å²) in [6.45, 7) is 5.52. The number of rotatable bonds is 32. The Morgan fingerprint density at radius 3 is 1.02 bits per heavy atom. The van der Waals surface area contributed by atoms with E-state index in [4.69, 9.17) is 74.4 Å². The number of amides is 2. The van der Waals surface area contributed by atoms with Crippen molar-refractivity contribution in [2.24, 2.45) is 0 Å². The van der Waals surface area contributed by atoms with Crippen LogP contribution >= 0.6 is 0 Å². The fourth-order valence-corrected chi connectivity index (χ4v) is 14.3. The number of nitrogen functional groups attached to an aromatic ring is 1. The molecule has 0 saturated carbocycles. The number of anilines is 3. The molecule has 9 aromatic carbocycles. The van der Waals surface area contributed by atoms with Crippen molar-refractivity contribution in [1.29, 1.82) is 15.8 Å². The molecule has 15 aromatic rings. The minimum Gasteiger partial charge on any atom is -0.870 e. The first-order valence-electron chi connectivity index (χ1n) is 40.8. The van der Waals surface area contributed by atoms with E-state index in [1.807, 2.05) is 98.6 Å². The number of methoxy groups -OCH3 is 5. The Kier molecular flexibility index (Phi) is 33.7. The molecule has 0 spiro atoms. The largest absolute Gasteiger partial charge is 1.00 e. The van der Waals surface area contributed by atoms with E-state index in [1.165, 1.54) is 76.6 Å². The molecule has 0 radical (unpaired) electrons. The average molecular weight is 1790 g/mol. The third kappa shape index (κ3) is 24.5. The van der Waals surface area contributed by atoms with Crippen molar-refractivity contribution in [1.82, 2.24) is 43.6 Å². The predicted molar refractivity (Wildman–Crippen MR) is 483 cm³/mol. The zero-order valence-electron chi connectivity index (χ0n) is 73.5. The molecule has 0 saturated heterocycles. The van der Waals surface area contributed by atoms with Crippen LogP contribution in [0, 0.1) is 51.4 Å². The summed E-state index contributed by atoms with van der Waals surface area (Å²) >= 11 is 0. The molecule has 0 aliphatic heterocycles. The fraction of sp³-hybridized carbons (Fsp3) is 0.192. The molecule has 15 rings (SSSR count). The van der Waals surface area contributed by atoms with Crippen molar-refractivity contribution in [2.75, 3.05) is 71.7 Å². The van der Waals surface area contributed by atoms with Gasteiger partial charge in [-0.3, -0.25) is 9.59 Å². The normalized spacial score (nSPS) is 10.7. The maximum atomic E-state index is 14.3. The van der Waals surface area contributed by atoms with E-state index in [1.54, 1.807) is 118 Å². The van der Waals surface area contributed by atoms with E-state index >= 15 is 0 Å². The van der Waals surface area contributed by atoms with Gasteiger partial charge in [0.25, 0.3) is 0 Å². The van der Waals surface area contributed by atoms with Crippen LogP contribution in [0.3, 0.4) is 0 Å². The number of hydrogen-bond acceptors (Lipinski definition) is 24. The van der Waals surface area contributed by atoms with Crippen LogP contribution < -0.4 is 49.4 Å². The molecule has 30 nitrogen and oxygen atoms in total. The van der Waals surface area contributed by atoms with Crippen LogP contribution in [0.1, 0.15) is 112 Å². The first kappa shape index (κ1) is 97.7. The number of aromatic nitrogens is 9. The maximum Gasteiger partial charge on any atom is 1.00 e. The summed E-state index contributed by atoms with van der Waals surface area (Å²) in [5.74, 6) is -0.839. The molecule has 6 aromatic heterocycles. The van der Waals surface area contributed by atoms with Crippen molar-refractivity contribution in [3.8, 4) is 69.6 Å². The molecule has 6 heterocycles. The Bertz CT molecular complexity index is 6970. The SMILES string of the molecule is COCCn1c(Cc2ccc(-c3cccc(OCc4ccc(C#N)cc4F)n3)cc2N)nc2ccc(C(=O)OC)cc21.COCCn1c(Cc2ccc(-c3cccc(OCc4ccc(C#N)cc4F)n3)cc2NC(C)=O)nc2ccc(C(=O)O)cc21.COCCn1c(Cc2ccc(-c3cccc(OCc4ccc(C#N)cc4F)n3)cc2NC(C)=O)nc2ccc(C(=O)OC)cc21.[Li+].[OH-]. The molecule has 0 unspecified atom stereocenters. The second kappa shape index (κ2) is 45.9. The summed E-state index contributed by atoms with van der Waals surface area (Å²) in [6, 6.07) is 66.4. The summed E-state index contributed by atoms with van der Waals surface area (Å²) in [5.41, 5.74) is 21.8. The minimum absolute atomic E-state index is 0. The van der Waals surface area contributed by atoms with Gasteiger partial charge in [-0.1, -0.05) is 72.8 Å². The number of carboxylic acid groups (broad SMARTS) is 1. The quantitative estimate of drug-likeness (QED) is 0.0173. The second-order valence-corrected chi connectivity index (χ2v) is 29.7. The molecule has 0 aliphatic rings. The van der Waals surface area contributed by atoms with Gasteiger partial charge in [-0.25, -0.2) is 57.5 Å². The van der Waals surface area contributed by atoms with E-state index in [2.05, 4.69) is 25.6 Å². The van der Waals surface area contributed by atoms with Crippen LogP contribution in [0.5, 0.6) is 17.6 Å². The van der Waals surface area contributed by atoms with Gasteiger partial charge in [-0.05, 0) is 144 Å². The van der Waals surface area contributed by atoms with Crippen molar-refractivity contribution in [3.05, 3.63) is 320 Å².